The quantitative estimate of drug-likeness (QED) is 0.513. The minimum Gasteiger partial charge on any atom is -0.243 e. The maximum atomic E-state index is 8.70. The van der Waals surface area contributed by atoms with E-state index in [1.54, 1.807) is 12.3 Å². The molecule has 0 bridgehead atoms. The summed E-state index contributed by atoms with van der Waals surface area (Å²) < 4.78 is 0. The Balaban J connectivity index is 0.000000223. The van der Waals surface area contributed by atoms with Crippen LogP contribution < -0.4 is 0 Å². The largest absolute Gasteiger partial charge is 0.243 e. The molecule has 4 nitrogen and oxygen atoms in total. The van der Waals surface area contributed by atoms with Gasteiger partial charge >= 0.3 is 0 Å². The molecule has 0 spiro atoms. The lowest BCUT2D eigenvalue weighted by atomic mass is 10.1. The second kappa shape index (κ2) is 10.3. The summed E-state index contributed by atoms with van der Waals surface area (Å²) in [6, 6.07) is 16.9. The smallest absolute Gasteiger partial charge is 0.159 e. The monoisotopic (exact) mass is 412 g/mol. The highest BCUT2D eigenvalue weighted by Crippen LogP contribution is 2.17. The Morgan fingerprint density at radius 2 is 1.30 bits per heavy atom. The molecule has 3 aromatic rings. The van der Waals surface area contributed by atoms with E-state index in [4.69, 9.17) is 45.3 Å². The van der Waals surface area contributed by atoms with Gasteiger partial charge in [-0.15, -0.1) is 0 Å². The minimum absolute atomic E-state index is 0.200. The van der Waals surface area contributed by atoms with Gasteiger partial charge in [-0.05, 0) is 23.3 Å². The average molecular weight is 414 g/mol. The fourth-order valence-electron chi connectivity index (χ4n) is 1.88. The Bertz CT molecular complexity index is 1040. The zero-order valence-electron chi connectivity index (χ0n) is 13.8. The first kappa shape index (κ1) is 20.4. The van der Waals surface area contributed by atoms with E-state index < -0.39 is 0 Å². The summed E-state index contributed by atoms with van der Waals surface area (Å²) in [5.74, 6) is 0. The number of aromatic nitrogens is 2. The van der Waals surface area contributed by atoms with E-state index in [-0.39, 0.29) is 16.4 Å². The van der Waals surface area contributed by atoms with Gasteiger partial charge in [-0.2, -0.15) is 10.5 Å². The first-order valence-electron chi connectivity index (χ1n) is 7.53. The maximum Gasteiger partial charge on any atom is 0.159 e. The van der Waals surface area contributed by atoms with E-state index in [0.29, 0.717) is 10.0 Å². The number of hydrogen-bond donors (Lipinski definition) is 0. The van der Waals surface area contributed by atoms with Crippen LogP contribution in [0.15, 0.2) is 54.9 Å². The van der Waals surface area contributed by atoms with Gasteiger partial charge in [-0.1, -0.05) is 77.3 Å². The molecule has 2 aromatic heterocycles. The number of rotatable bonds is 2. The molecule has 0 radical (unpaired) electrons. The first-order valence-corrected chi connectivity index (χ1v) is 8.67. The van der Waals surface area contributed by atoms with Gasteiger partial charge < -0.3 is 0 Å². The number of nitriles is 2. The maximum absolute atomic E-state index is 8.70. The molecule has 0 saturated carbocycles. The highest BCUT2D eigenvalue weighted by molar-refractivity contribution is 6.35. The fourth-order valence-corrected chi connectivity index (χ4v) is 2.52. The molecule has 0 unspecified atom stereocenters. The number of hydrogen-bond acceptors (Lipinski definition) is 4. The number of benzene rings is 1. The second-order valence-electron chi connectivity index (χ2n) is 5.05. The van der Waals surface area contributed by atoms with Crippen molar-refractivity contribution >= 4 is 47.0 Å². The lowest BCUT2D eigenvalue weighted by molar-refractivity contribution is 1.26. The Labute approximate surface area is 171 Å². The normalized spacial score (nSPS) is 9.81. The fraction of sp³-hybridized carbons (Fsp3) is 0. The molecule has 0 saturated heterocycles. The molecule has 0 aliphatic heterocycles. The summed E-state index contributed by atoms with van der Waals surface area (Å²) in [5, 5.41) is 18.2. The highest BCUT2D eigenvalue weighted by atomic mass is 35.5. The van der Waals surface area contributed by atoms with Crippen molar-refractivity contribution in [3.63, 3.8) is 0 Å². The van der Waals surface area contributed by atoms with Crippen molar-refractivity contribution < 1.29 is 0 Å². The third-order valence-electron chi connectivity index (χ3n) is 3.15. The number of pyridine rings is 2. The van der Waals surface area contributed by atoms with Crippen LogP contribution in [0.2, 0.25) is 15.1 Å². The molecular formula is C20H11Cl3N4. The summed E-state index contributed by atoms with van der Waals surface area (Å²) in [4.78, 5) is 7.64. The predicted octanol–water partition coefficient (Wildman–Crippen LogP) is 6.04. The van der Waals surface area contributed by atoms with Crippen molar-refractivity contribution in [2.75, 3.05) is 0 Å². The molecule has 1 aromatic carbocycles. The van der Waals surface area contributed by atoms with E-state index in [9.17, 15) is 0 Å². The van der Waals surface area contributed by atoms with Crippen LogP contribution in [-0.2, 0) is 0 Å². The third-order valence-corrected chi connectivity index (χ3v) is 3.93. The van der Waals surface area contributed by atoms with Gasteiger partial charge in [-0.3, -0.25) is 0 Å². The van der Waals surface area contributed by atoms with Gasteiger partial charge in [0.15, 0.2) is 11.4 Å². The molecule has 0 aliphatic rings. The molecule has 27 heavy (non-hydrogen) atoms. The number of nitrogens with zero attached hydrogens (tertiary/aromatic N) is 4. The SMILES string of the molecule is N#Cc1ncc(/C=C/c2ccccc2)cc1Cl.N#Cc1ncc(Cl)cc1Cl. The second-order valence-corrected chi connectivity index (χ2v) is 6.30. The van der Waals surface area contributed by atoms with Crippen molar-refractivity contribution in [3.8, 4) is 12.1 Å². The summed E-state index contributed by atoms with van der Waals surface area (Å²) in [7, 11) is 0. The van der Waals surface area contributed by atoms with Crippen molar-refractivity contribution in [1.82, 2.24) is 9.97 Å². The molecule has 0 atom stereocenters. The van der Waals surface area contributed by atoms with Crippen molar-refractivity contribution in [2.45, 2.75) is 0 Å². The van der Waals surface area contributed by atoms with E-state index in [1.165, 1.54) is 12.3 Å². The van der Waals surface area contributed by atoms with Crippen LogP contribution in [0.1, 0.15) is 22.5 Å². The van der Waals surface area contributed by atoms with Crippen molar-refractivity contribution in [2.24, 2.45) is 0 Å². The topological polar surface area (TPSA) is 73.4 Å². The molecule has 132 valence electrons. The van der Waals surface area contributed by atoms with Gasteiger partial charge in [0, 0.05) is 12.4 Å². The molecule has 0 fully saturated rings. The van der Waals surface area contributed by atoms with Crippen LogP contribution in [0.3, 0.4) is 0 Å². The van der Waals surface area contributed by atoms with E-state index in [1.807, 2.05) is 54.6 Å². The van der Waals surface area contributed by atoms with E-state index in [2.05, 4.69) is 9.97 Å². The van der Waals surface area contributed by atoms with Crippen molar-refractivity contribution in [1.29, 1.82) is 10.5 Å². The van der Waals surface area contributed by atoms with Crippen molar-refractivity contribution in [3.05, 3.63) is 92.4 Å². The van der Waals surface area contributed by atoms with Crippen LogP contribution in [0.25, 0.3) is 12.2 Å². The zero-order valence-corrected chi connectivity index (χ0v) is 16.0. The van der Waals surface area contributed by atoms with Crippen LogP contribution >= 0.6 is 34.8 Å². The highest BCUT2D eigenvalue weighted by Gasteiger charge is 2.00. The molecular weight excluding hydrogens is 403 g/mol. The average Bonchev–Trinajstić information content (AvgIpc) is 2.68. The van der Waals surface area contributed by atoms with Crippen LogP contribution in [0.4, 0.5) is 0 Å². The van der Waals surface area contributed by atoms with Gasteiger partial charge in [0.2, 0.25) is 0 Å². The summed E-state index contributed by atoms with van der Waals surface area (Å²) in [5.41, 5.74) is 2.43. The Kier molecular flexibility index (Phi) is 7.79. The van der Waals surface area contributed by atoms with Gasteiger partial charge in [0.05, 0.1) is 15.1 Å². The lowest BCUT2D eigenvalue weighted by Gasteiger charge is -1.96. The van der Waals surface area contributed by atoms with Crippen LogP contribution in [0.5, 0.6) is 0 Å². The lowest BCUT2D eigenvalue weighted by Crippen LogP contribution is -1.84. The summed E-state index contributed by atoms with van der Waals surface area (Å²) in [6.45, 7) is 0. The molecule has 0 aliphatic carbocycles. The van der Waals surface area contributed by atoms with Gasteiger partial charge in [-0.25, -0.2) is 9.97 Å². The summed E-state index contributed by atoms with van der Waals surface area (Å²) in [6.07, 6.45) is 6.89. The Morgan fingerprint density at radius 1 is 0.741 bits per heavy atom. The number of halogens is 3. The molecule has 2 heterocycles. The van der Waals surface area contributed by atoms with Crippen LogP contribution in [0, 0.1) is 22.7 Å². The molecule has 0 N–H and O–H groups in total. The van der Waals surface area contributed by atoms with E-state index >= 15 is 0 Å². The Morgan fingerprint density at radius 3 is 1.85 bits per heavy atom. The van der Waals surface area contributed by atoms with Gasteiger partial charge in [0.1, 0.15) is 12.1 Å². The van der Waals surface area contributed by atoms with Crippen LogP contribution in [-0.4, -0.2) is 9.97 Å². The minimum atomic E-state index is 0.200. The third kappa shape index (κ3) is 6.40. The Hall–Kier alpha value is -2.89. The van der Waals surface area contributed by atoms with E-state index in [0.717, 1.165) is 11.1 Å². The molecule has 0 amide bonds. The van der Waals surface area contributed by atoms with Gasteiger partial charge in [0.25, 0.3) is 0 Å². The molecule has 7 heteroatoms. The first-order chi connectivity index (χ1) is 13.0. The zero-order chi connectivity index (χ0) is 19.6. The standard InChI is InChI=1S/C14H9ClN2.C6H2Cl2N2/c15-13-8-12(10-17-14(13)9-16)7-6-11-4-2-1-3-5-11;7-4-1-5(8)6(2-9)10-3-4/h1-8,10H;1,3H/b7-6+;. The predicted molar refractivity (Wildman–Crippen MR) is 108 cm³/mol. The molecule has 3 rings (SSSR count). The summed E-state index contributed by atoms with van der Waals surface area (Å²) >= 11 is 17.0.